The van der Waals surface area contributed by atoms with E-state index in [1.807, 2.05) is 6.92 Å². The normalized spacial score (nSPS) is 17.8. The van der Waals surface area contributed by atoms with Gasteiger partial charge in [-0.3, -0.25) is 0 Å². The summed E-state index contributed by atoms with van der Waals surface area (Å²) in [6, 6.07) is 7.06. The molecule has 1 aliphatic rings. The van der Waals surface area contributed by atoms with Gasteiger partial charge >= 0.3 is 0 Å². The minimum absolute atomic E-state index is 0.496. The molecular weight excluding hydrogens is 250 g/mol. The second-order valence-corrected chi connectivity index (χ2v) is 5.26. The van der Waals surface area contributed by atoms with Gasteiger partial charge in [0.05, 0.1) is 6.61 Å². The van der Waals surface area contributed by atoms with Crippen LogP contribution in [0.2, 0.25) is 0 Å². The van der Waals surface area contributed by atoms with E-state index >= 15 is 0 Å². The Kier molecular flexibility index (Phi) is 6.34. The van der Waals surface area contributed by atoms with Gasteiger partial charge in [0, 0.05) is 25.7 Å². The van der Waals surface area contributed by atoms with E-state index < -0.39 is 0 Å². The third-order valence-electron chi connectivity index (χ3n) is 3.79. The average Bonchev–Trinajstić information content (AvgIpc) is 2.48. The predicted molar refractivity (Wildman–Crippen MR) is 82.4 cm³/mol. The average molecular weight is 277 g/mol. The highest BCUT2D eigenvalue weighted by atomic mass is 16.5. The van der Waals surface area contributed by atoms with E-state index in [4.69, 9.17) is 9.47 Å². The molecule has 1 aliphatic carbocycles. The van der Waals surface area contributed by atoms with Crippen molar-refractivity contribution in [3.8, 4) is 5.75 Å². The smallest absolute Gasteiger partial charge is 0.119 e. The van der Waals surface area contributed by atoms with Crippen molar-refractivity contribution in [1.29, 1.82) is 0 Å². The molecule has 0 spiro atoms. The van der Waals surface area contributed by atoms with Gasteiger partial charge in [-0.15, -0.1) is 0 Å². The summed E-state index contributed by atoms with van der Waals surface area (Å²) in [6.45, 7) is 7.49. The van der Waals surface area contributed by atoms with Crippen molar-refractivity contribution in [3.05, 3.63) is 29.3 Å². The monoisotopic (exact) mass is 277 g/mol. The quantitative estimate of drug-likeness (QED) is 0.738. The lowest BCUT2D eigenvalue weighted by atomic mass is 9.87. The predicted octanol–water partition coefficient (Wildman–Crippen LogP) is 3.48. The number of hydrogen-bond acceptors (Lipinski definition) is 3. The zero-order valence-corrected chi connectivity index (χ0v) is 12.8. The van der Waals surface area contributed by atoms with E-state index in [9.17, 15) is 0 Å². The molecule has 0 aliphatic heterocycles. The molecule has 3 heteroatoms. The molecule has 1 N–H and O–H groups in total. The number of rotatable bonds is 8. The van der Waals surface area contributed by atoms with E-state index in [2.05, 4.69) is 30.4 Å². The van der Waals surface area contributed by atoms with Crippen LogP contribution in [0.1, 0.15) is 50.3 Å². The third kappa shape index (κ3) is 4.22. The molecule has 1 unspecified atom stereocenters. The Morgan fingerprint density at radius 1 is 1.25 bits per heavy atom. The minimum Gasteiger partial charge on any atom is -0.493 e. The van der Waals surface area contributed by atoms with Gasteiger partial charge in [-0.1, -0.05) is 13.0 Å². The lowest BCUT2D eigenvalue weighted by Gasteiger charge is -2.26. The van der Waals surface area contributed by atoms with Crippen LogP contribution in [0.4, 0.5) is 0 Å². The first-order chi connectivity index (χ1) is 9.85. The number of aryl methyl sites for hydroxylation is 1. The van der Waals surface area contributed by atoms with Gasteiger partial charge in [-0.25, -0.2) is 0 Å². The van der Waals surface area contributed by atoms with Crippen molar-refractivity contribution in [2.45, 2.75) is 45.6 Å². The van der Waals surface area contributed by atoms with Crippen molar-refractivity contribution < 1.29 is 9.47 Å². The van der Waals surface area contributed by atoms with Gasteiger partial charge in [-0.05, 0) is 56.0 Å². The SMILES string of the molecule is CCNC1CCCc2ccc(OCCCOCC)cc21. The highest BCUT2D eigenvalue weighted by Gasteiger charge is 2.19. The highest BCUT2D eigenvalue weighted by Crippen LogP contribution is 2.32. The molecule has 2 rings (SSSR count). The lowest BCUT2D eigenvalue weighted by Crippen LogP contribution is -2.24. The van der Waals surface area contributed by atoms with Crippen molar-refractivity contribution >= 4 is 0 Å². The van der Waals surface area contributed by atoms with Gasteiger partial charge in [0.15, 0.2) is 0 Å². The maximum Gasteiger partial charge on any atom is 0.119 e. The zero-order valence-electron chi connectivity index (χ0n) is 12.8. The van der Waals surface area contributed by atoms with Crippen LogP contribution < -0.4 is 10.1 Å². The minimum atomic E-state index is 0.496. The van der Waals surface area contributed by atoms with Crippen LogP contribution in [0.3, 0.4) is 0 Å². The summed E-state index contributed by atoms with van der Waals surface area (Å²) in [5.41, 5.74) is 2.91. The largest absolute Gasteiger partial charge is 0.493 e. The first-order valence-electron chi connectivity index (χ1n) is 7.92. The molecule has 0 amide bonds. The first kappa shape index (κ1) is 15.3. The van der Waals surface area contributed by atoms with Crippen molar-refractivity contribution in [2.24, 2.45) is 0 Å². The topological polar surface area (TPSA) is 30.5 Å². The van der Waals surface area contributed by atoms with Gasteiger partial charge in [-0.2, -0.15) is 0 Å². The molecule has 0 heterocycles. The summed E-state index contributed by atoms with van der Waals surface area (Å²) in [5.74, 6) is 0.991. The molecule has 112 valence electrons. The fourth-order valence-electron chi connectivity index (χ4n) is 2.82. The Balaban J connectivity index is 1.93. The molecule has 0 saturated carbocycles. The molecule has 1 atom stereocenters. The van der Waals surface area contributed by atoms with E-state index in [1.54, 1.807) is 0 Å². The zero-order chi connectivity index (χ0) is 14.2. The van der Waals surface area contributed by atoms with Gasteiger partial charge in [0.1, 0.15) is 5.75 Å². The molecule has 1 aromatic rings. The molecule has 1 aromatic carbocycles. The Labute approximate surface area is 122 Å². The second-order valence-electron chi connectivity index (χ2n) is 5.26. The summed E-state index contributed by atoms with van der Waals surface area (Å²) in [6.07, 6.45) is 4.65. The molecule has 0 radical (unpaired) electrons. The summed E-state index contributed by atoms with van der Waals surface area (Å²) in [5, 5.41) is 3.58. The summed E-state index contributed by atoms with van der Waals surface area (Å²) < 4.78 is 11.2. The van der Waals surface area contributed by atoms with Crippen LogP contribution >= 0.6 is 0 Å². The Hall–Kier alpha value is -1.06. The maximum absolute atomic E-state index is 5.84. The van der Waals surface area contributed by atoms with Gasteiger partial charge < -0.3 is 14.8 Å². The Morgan fingerprint density at radius 3 is 2.95 bits per heavy atom. The molecule has 0 aromatic heterocycles. The highest BCUT2D eigenvalue weighted by molar-refractivity contribution is 5.39. The lowest BCUT2D eigenvalue weighted by molar-refractivity contribution is 0.131. The molecule has 20 heavy (non-hydrogen) atoms. The molecule has 0 saturated heterocycles. The number of nitrogens with one attached hydrogen (secondary N) is 1. The van der Waals surface area contributed by atoms with E-state index in [0.29, 0.717) is 6.04 Å². The molecule has 3 nitrogen and oxygen atoms in total. The van der Waals surface area contributed by atoms with Crippen LogP contribution in [-0.4, -0.2) is 26.4 Å². The third-order valence-corrected chi connectivity index (χ3v) is 3.79. The fourth-order valence-corrected chi connectivity index (χ4v) is 2.82. The van der Waals surface area contributed by atoms with Crippen molar-refractivity contribution in [2.75, 3.05) is 26.4 Å². The van der Waals surface area contributed by atoms with Gasteiger partial charge in [0.2, 0.25) is 0 Å². The number of hydrogen-bond donors (Lipinski definition) is 1. The van der Waals surface area contributed by atoms with E-state index in [0.717, 1.165) is 38.5 Å². The summed E-state index contributed by atoms with van der Waals surface area (Å²) in [7, 11) is 0. The first-order valence-corrected chi connectivity index (χ1v) is 7.92. The van der Waals surface area contributed by atoms with Crippen LogP contribution in [-0.2, 0) is 11.2 Å². The van der Waals surface area contributed by atoms with Crippen molar-refractivity contribution in [1.82, 2.24) is 5.32 Å². The van der Waals surface area contributed by atoms with Gasteiger partial charge in [0.25, 0.3) is 0 Å². The van der Waals surface area contributed by atoms with Crippen LogP contribution in [0, 0.1) is 0 Å². The fraction of sp³-hybridized carbons (Fsp3) is 0.647. The Bertz CT molecular complexity index is 406. The molecule has 0 bridgehead atoms. The standard InChI is InChI=1S/C17H27NO2/c1-3-18-17-8-5-7-14-9-10-15(13-16(14)17)20-12-6-11-19-4-2/h9-10,13,17-18H,3-8,11-12H2,1-2H3. The second kappa shape index (κ2) is 8.28. The summed E-state index contributed by atoms with van der Waals surface area (Å²) >= 11 is 0. The summed E-state index contributed by atoms with van der Waals surface area (Å²) in [4.78, 5) is 0. The van der Waals surface area contributed by atoms with Crippen molar-refractivity contribution in [3.63, 3.8) is 0 Å². The van der Waals surface area contributed by atoms with Crippen LogP contribution in [0.25, 0.3) is 0 Å². The van der Waals surface area contributed by atoms with Crippen LogP contribution in [0.15, 0.2) is 18.2 Å². The Morgan fingerprint density at radius 2 is 2.15 bits per heavy atom. The van der Waals surface area contributed by atoms with E-state index in [-0.39, 0.29) is 0 Å². The van der Waals surface area contributed by atoms with Crippen LogP contribution in [0.5, 0.6) is 5.75 Å². The number of benzene rings is 1. The number of ether oxygens (including phenoxy) is 2. The number of fused-ring (bicyclic) bond motifs is 1. The van der Waals surface area contributed by atoms with E-state index in [1.165, 1.54) is 30.4 Å². The maximum atomic E-state index is 5.84. The molecule has 0 fully saturated rings. The molecular formula is C17H27NO2.